The second-order valence-electron chi connectivity index (χ2n) is 5.30. The fraction of sp³-hybridized carbons (Fsp3) is 0.167. The Labute approximate surface area is 158 Å². The van der Waals surface area contributed by atoms with Crippen molar-refractivity contribution in [3.05, 3.63) is 47.8 Å². The number of urea groups is 1. The van der Waals surface area contributed by atoms with Crippen LogP contribution < -0.4 is 10.6 Å². The lowest BCUT2D eigenvalue weighted by Gasteiger charge is -2.11. The van der Waals surface area contributed by atoms with Gasteiger partial charge in [-0.05, 0) is 43.3 Å². The monoisotopic (exact) mass is 390 g/mol. The van der Waals surface area contributed by atoms with Crippen molar-refractivity contribution in [2.24, 2.45) is 0 Å². The fourth-order valence-corrected chi connectivity index (χ4v) is 2.80. The molecule has 138 valence electrons. The first-order valence-electron chi connectivity index (χ1n) is 7.52. The second kappa shape index (κ2) is 8.47. The molecular formula is C18H13F3N4OS. The third kappa shape index (κ3) is 5.94. The van der Waals surface area contributed by atoms with Gasteiger partial charge in [0.2, 0.25) is 0 Å². The number of halogens is 3. The molecule has 2 rings (SSSR count). The van der Waals surface area contributed by atoms with Crippen molar-refractivity contribution in [3.8, 4) is 18.4 Å². The van der Waals surface area contributed by atoms with Crippen molar-refractivity contribution in [3.63, 3.8) is 0 Å². The van der Waals surface area contributed by atoms with Crippen LogP contribution in [0.3, 0.4) is 0 Å². The molecule has 1 aromatic heterocycles. The van der Waals surface area contributed by atoms with Gasteiger partial charge >= 0.3 is 12.2 Å². The van der Waals surface area contributed by atoms with Crippen LogP contribution in [0.5, 0.6) is 0 Å². The van der Waals surface area contributed by atoms with Crippen molar-refractivity contribution in [2.75, 3.05) is 5.32 Å². The van der Waals surface area contributed by atoms with E-state index in [1.165, 1.54) is 6.07 Å². The number of aromatic nitrogens is 1. The summed E-state index contributed by atoms with van der Waals surface area (Å²) >= 11 is 1.04. The normalized spacial score (nSPS) is 11.8. The van der Waals surface area contributed by atoms with Gasteiger partial charge in [-0.3, -0.25) is 0 Å². The van der Waals surface area contributed by atoms with E-state index in [1.807, 2.05) is 0 Å². The largest absolute Gasteiger partial charge is 0.433 e. The summed E-state index contributed by atoms with van der Waals surface area (Å²) in [5.41, 5.74) is -0.948. The van der Waals surface area contributed by atoms with Crippen molar-refractivity contribution < 1.29 is 18.0 Å². The average molecular weight is 390 g/mol. The Morgan fingerprint density at radius 3 is 2.48 bits per heavy atom. The first-order chi connectivity index (χ1) is 12.7. The number of anilines is 1. The van der Waals surface area contributed by atoms with Crippen LogP contribution in [0.25, 0.3) is 0 Å². The average Bonchev–Trinajstić information content (AvgIpc) is 2.62. The van der Waals surface area contributed by atoms with Crippen molar-refractivity contribution in [1.82, 2.24) is 10.3 Å². The molecule has 0 saturated heterocycles. The molecule has 1 aromatic carbocycles. The number of rotatable bonds is 4. The maximum absolute atomic E-state index is 12.9. The van der Waals surface area contributed by atoms with Gasteiger partial charge in [0, 0.05) is 15.5 Å². The Balaban J connectivity index is 2.12. The quantitative estimate of drug-likeness (QED) is 0.765. The molecule has 2 N–H and O–H groups in total. The number of nitrogens with one attached hydrogen (secondary N) is 2. The van der Waals surface area contributed by atoms with Crippen molar-refractivity contribution >= 4 is 23.5 Å². The smallest absolute Gasteiger partial charge is 0.325 e. The molecule has 27 heavy (non-hydrogen) atoms. The minimum absolute atomic E-state index is 0.232. The molecule has 5 nitrogen and oxygen atoms in total. The summed E-state index contributed by atoms with van der Waals surface area (Å²) in [6, 6.07) is 9.34. The molecule has 2 aromatic rings. The van der Waals surface area contributed by atoms with E-state index in [9.17, 15) is 18.0 Å². The van der Waals surface area contributed by atoms with E-state index >= 15 is 0 Å². The summed E-state index contributed by atoms with van der Waals surface area (Å²) in [5.74, 6) is 2.36. The lowest BCUT2D eigenvalue weighted by Crippen LogP contribution is -2.35. The van der Waals surface area contributed by atoms with E-state index in [2.05, 4.69) is 21.5 Å². The minimum atomic E-state index is -4.64. The molecule has 0 saturated carbocycles. The molecule has 0 aliphatic heterocycles. The highest BCUT2D eigenvalue weighted by Gasteiger charge is 2.33. The van der Waals surface area contributed by atoms with E-state index in [1.54, 1.807) is 37.3 Å². The van der Waals surface area contributed by atoms with Gasteiger partial charge in [0.1, 0.15) is 17.5 Å². The molecule has 2 amide bonds. The van der Waals surface area contributed by atoms with E-state index in [4.69, 9.17) is 11.7 Å². The Morgan fingerprint density at radius 1 is 1.26 bits per heavy atom. The molecule has 0 bridgehead atoms. The van der Waals surface area contributed by atoms with Gasteiger partial charge in [-0.2, -0.15) is 18.4 Å². The highest BCUT2D eigenvalue weighted by molar-refractivity contribution is 7.99. The third-order valence-electron chi connectivity index (χ3n) is 3.15. The Hall–Kier alpha value is -3.17. The molecule has 0 aliphatic rings. The maximum atomic E-state index is 12.9. The second-order valence-corrected chi connectivity index (χ2v) is 6.44. The number of carbonyl (C=O) groups is 1. The molecule has 0 fully saturated rings. The summed E-state index contributed by atoms with van der Waals surface area (Å²) in [6.45, 7) is 1.65. The third-order valence-corrected chi connectivity index (χ3v) is 4.13. The summed E-state index contributed by atoms with van der Waals surface area (Å²) in [6.07, 6.45) is 0.535. The van der Waals surface area contributed by atoms with E-state index < -0.39 is 23.9 Å². The minimum Gasteiger partial charge on any atom is -0.325 e. The summed E-state index contributed by atoms with van der Waals surface area (Å²) in [5, 5.41) is 14.0. The molecular weight excluding hydrogens is 377 g/mol. The number of terminal acetylenes is 1. The topological polar surface area (TPSA) is 77.8 Å². The predicted octanol–water partition coefficient (Wildman–Crippen LogP) is 4.27. The first kappa shape index (κ1) is 20.1. The zero-order chi connectivity index (χ0) is 20.0. The molecule has 0 radical (unpaired) electrons. The SMILES string of the molecule is C#CC(C)NC(=O)Nc1ccc(Sc2cc(C#N)nc(C(F)(F)F)c2)cc1. The number of amides is 2. The maximum Gasteiger partial charge on any atom is 0.433 e. The summed E-state index contributed by atoms with van der Waals surface area (Å²) in [4.78, 5) is 15.8. The highest BCUT2D eigenvalue weighted by Crippen LogP contribution is 2.34. The molecule has 0 aliphatic carbocycles. The number of carbonyl (C=O) groups excluding carboxylic acids is 1. The van der Waals surface area contributed by atoms with Crippen LogP contribution in [0.1, 0.15) is 18.3 Å². The number of hydrogen-bond acceptors (Lipinski definition) is 4. The number of nitriles is 1. The van der Waals surface area contributed by atoms with Gasteiger partial charge in [0.15, 0.2) is 0 Å². The van der Waals surface area contributed by atoms with Crippen LogP contribution in [0.2, 0.25) is 0 Å². The van der Waals surface area contributed by atoms with Gasteiger partial charge in [0.05, 0.1) is 6.04 Å². The predicted molar refractivity (Wildman–Crippen MR) is 95.0 cm³/mol. The Morgan fingerprint density at radius 2 is 1.93 bits per heavy atom. The van der Waals surface area contributed by atoms with E-state index in [-0.39, 0.29) is 10.6 Å². The van der Waals surface area contributed by atoms with Gasteiger partial charge in [-0.1, -0.05) is 17.7 Å². The van der Waals surface area contributed by atoms with Gasteiger partial charge in [-0.25, -0.2) is 9.78 Å². The number of alkyl halides is 3. The van der Waals surface area contributed by atoms with Crippen LogP contribution in [0.4, 0.5) is 23.7 Å². The number of nitrogens with zero attached hydrogens (tertiary/aromatic N) is 2. The molecule has 1 atom stereocenters. The summed E-state index contributed by atoms with van der Waals surface area (Å²) < 4.78 is 38.6. The molecule has 0 spiro atoms. The number of hydrogen-bond donors (Lipinski definition) is 2. The van der Waals surface area contributed by atoms with Crippen LogP contribution in [0, 0.1) is 23.7 Å². The number of benzene rings is 1. The fourth-order valence-electron chi connectivity index (χ4n) is 1.91. The van der Waals surface area contributed by atoms with Gasteiger partial charge in [-0.15, -0.1) is 6.42 Å². The van der Waals surface area contributed by atoms with Gasteiger partial charge < -0.3 is 10.6 Å². The standard InChI is InChI=1S/C18H13F3N4OS/c1-3-11(2)23-17(26)25-12-4-6-14(7-5-12)27-15-8-13(10-22)24-16(9-15)18(19,20)21/h1,4-9,11H,2H3,(H2,23,25,26). The zero-order valence-electron chi connectivity index (χ0n) is 14.0. The molecule has 9 heteroatoms. The Bertz CT molecular complexity index is 914. The van der Waals surface area contributed by atoms with E-state index in [0.29, 0.717) is 10.6 Å². The van der Waals surface area contributed by atoms with Gasteiger partial charge in [0.25, 0.3) is 0 Å². The highest BCUT2D eigenvalue weighted by atomic mass is 32.2. The van der Waals surface area contributed by atoms with Crippen molar-refractivity contribution in [2.45, 2.75) is 28.9 Å². The lowest BCUT2D eigenvalue weighted by atomic mass is 10.3. The molecule has 1 heterocycles. The first-order valence-corrected chi connectivity index (χ1v) is 8.34. The van der Waals surface area contributed by atoms with E-state index in [0.717, 1.165) is 17.8 Å². The van der Waals surface area contributed by atoms with Crippen LogP contribution in [-0.2, 0) is 6.18 Å². The van der Waals surface area contributed by atoms with Crippen LogP contribution >= 0.6 is 11.8 Å². The lowest BCUT2D eigenvalue weighted by molar-refractivity contribution is -0.141. The Kier molecular flexibility index (Phi) is 6.32. The van der Waals surface area contributed by atoms with Crippen molar-refractivity contribution in [1.29, 1.82) is 5.26 Å². The summed E-state index contributed by atoms with van der Waals surface area (Å²) in [7, 11) is 0. The van der Waals surface area contributed by atoms with Crippen LogP contribution in [-0.4, -0.2) is 17.1 Å². The molecule has 1 unspecified atom stereocenters. The zero-order valence-corrected chi connectivity index (χ0v) is 14.8. The number of pyridine rings is 1. The van der Waals surface area contributed by atoms with Crippen LogP contribution in [0.15, 0.2) is 46.2 Å².